The van der Waals surface area contributed by atoms with E-state index in [1.807, 2.05) is 12.2 Å². The summed E-state index contributed by atoms with van der Waals surface area (Å²) in [5.41, 5.74) is -0.805. The molecular weight excluding hydrogens is 188 g/mol. The quantitative estimate of drug-likeness (QED) is 0.723. The molecule has 0 saturated heterocycles. The largest absolute Gasteiger partial charge is 0.495 e. The molecule has 2 aliphatic rings. The second-order valence-electron chi connectivity index (χ2n) is 4.58. The lowest BCUT2D eigenvalue weighted by molar-refractivity contribution is 0.0421. The maximum absolute atomic E-state index is 10.4. The summed E-state index contributed by atoms with van der Waals surface area (Å²) in [5.74, 6) is 1.42. The van der Waals surface area contributed by atoms with Crippen LogP contribution in [0, 0.1) is 5.92 Å². The molecule has 1 heterocycles. The molecule has 0 aromatic rings. The number of hydrogen-bond donors (Lipinski definition) is 1. The van der Waals surface area contributed by atoms with Crippen molar-refractivity contribution in [2.45, 2.75) is 44.6 Å². The van der Waals surface area contributed by atoms with Crippen LogP contribution in [0.3, 0.4) is 0 Å². The minimum atomic E-state index is -0.805. The molecule has 0 bridgehead atoms. The van der Waals surface area contributed by atoms with Gasteiger partial charge in [0, 0.05) is 6.42 Å². The van der Waals surface area contributed by atoms with E-state index in [0.717, 1.165) is 31.6 Å². The van der Waals surface area contributed by atoms with Gasteiger partial charge in [-0.2, -0.15) is 0 Å². The smallest absolute Gasteiger partial charge is 0.139 e. The molecular formula is C13H20O2. The van der Waals surface area contributed by atoms with Crippen LogP contribution in [-0.4, -0.2) is 17.3 Å². The maximum atomic E-state index is 10.4. The average Bonchev–Trinajstić information content (AvgIpc) is 2.76. The second kappa shape index (κ2) is 4.40. The summed E-state index contributed by atoms with van der Waals surface area (Å²) in [6.07, 6.45) is 11.4. The first-order valence-electron chi connectivity index (χ1n) is 6.00. The summed E-state index contributed by atoms with van der Waals surface area (Å²) in [5, 5.41) is 10.4. The molecule has 0 fully saturated rings. The molecule has 84 valence electrons. The summed E-state index contributed by atoms with van der Waals surface area (Å²) < 4.78 is 5.45. The Bertz CT molecular complexity index is 280. The maximum Gasteiger partial charge on any atom is 0.139 e. The standard InChI is InChI=1S/C13H20O2/c1-2-4-11-6-8-13(14,9-7-11)12-5-3-10-15-12/h5-6,8,11,14H,2-4,7,9-10H2,1H3. The number of rotatable bonds is 3. The van der Waals surface area contributed by atoms with Crippen molar-refractivity contribution < 1.29 is 9.84 Å². The molecule has 2 unspecified atom stereocenters. The molecule has 1 N–H and O–H groups in total. The van der Waals surface area contributed by atoms with Crippen molar-refractivity contribution in [2.75, 3.05) is 6.61 Å². The van der Waals surface area contributed by atoms with Crippen LogP contribution < -0.4 is 0 Å². The van der Waals surface area contributed by atoms with Gasteiger partial charge in [-0.3, -0.25) is 0 Å². The topological polar surface area (TPSA) is 29.5 Å². The number of ether oxygens (including phenoxy) is 1. The summed E-state index contributed by atoms with van der Waals surface area (Å²) in [7, 11) is 0. The predicted molar refractivity (Wildman–Crippen MR) is 60.4 cm³/mol. The Labute approximate surface area is 91.6 Å². The van der Waals surface area contributed by atoms with Gasteiger partial charge < -0.3 is 9.84 Å². The zero-order valence-electron chi connectivity index (χ0n) is 9.41. The summed E-state index contributed by atoms with van der Waals surface area (Å²) in [6, 6.07) is 0. The molecule has 1 aliphatic carbocycles. The molecule has 0 spiro atoms. The number of allylic oxidation sites excluding steroid dienone is 1. The van der Waals surface area contributed by atoms with Gasteiger partial charge in [0.05, 0.1) is 6.61 Å². The molecule has 0 aromatic heterocycles. The molecule has 2 nitrogen and oxygen atoms in total. The highest BCUT2D eigenvalue weighted by molar-refractivity contribution is 5.24. The lowest BCUT2D eigenvalue weighted by atomic mass is 9.82. The van der Waals surface area contributed by atoms with E-state index in [2.05, 4.69) is 13.0 Å². The van der Waals surface area contributed by atoms with Crippen molar-refractivity contribution in [1.29, 1.82) is 0 Å². The lowest BCUT2D eigenvalue weighted by Crippen LogP contribution is -2.32. The highest BCUT2D eigenvalue weighted by Crippen LogP contribution is 2.35. The molecule has 0 saturated carbocycles. The molecule has 2 atom stereocenters. The number of hydrogen-bond acceptors (Lipinski definition) is 2. The van der Waals surface area contributed by atoms with Crippen LogP contribution in [-0.2, 0) is 4.74 Å². The van der Waals surface area contributed by atoms with E-state index >= 15 is 0 Å². The van der Waals surface area contributed by atoms with Crippen LogP contribution in [0.2, 0.25) is 0 Å². The fraction of sp³-hybridized carbons (Fsp3) is 0.692. The second-order valence-corrected chi connectivity index (χ2v) is 4.58. The van der Waals surface area contributed by atoms with Crippen molar-refractivity contribution in [2.24, 2.45) is 5.92 Å². The molecule has 15 heavy (non-hydrogen) atoms. The fourth-order valence-electron chi connectivity index (χ4n) is 2.42. The van der Waals surface area contributed by atoms with Crippen molar-refractivity contribution in [3.05, 3.63) is 24.0 Å². The molecule has 2 rings (SSSR count). The van der Waals surface area contributed by atoms with Gasteiger partial charge in [0.15, 0.2) is 0 Å². The first kappa shape index (κ1) is 10.7. The van der Waals surface area contributed by atoms with Gasteiger partial charge in [-0.25, -0.2) is 0 Å². The van der Waals surface area contributed by atoms with Crippen molar-refractivity contribution in [1.82, 2.24) is 0 Å². The lowest BCUT2D eigenvalue weighted by Gasteiger charge is -2.31. The number of aliphatic hydroxyl groups is 1. The first-order valence-corrected chi connectivity index (χ1v) is 6.00. The average molecular weight is 208 g/mol. The first-order chi connectivity index (χ1) is 7.24. The van der Waals surface area contributed by atoms with Gasteiger partial charge >= 0.3 is 0 Å². The van der Waals surface area contributed by atoms with E-state index < -0.39 is 5.60 Å². The van der Waals surface area contributed by atoms with Gasteiger partial charge in [-0.15, -0.1) is 0 Å². The third-order valence-electron chi connectivity index (χ3n) is 3.33. The summed E-state index contributed by atoms with van der Waals surface area (Å²) >= 11 is 0. The Hall–Kier alpha value is -0.760. The normalized spacial score (nSPS) is 35.1. The van der Waals surface area contributed by atoms with Gasteiger partial charge in [-0.05, 0) is 37.3 Å². The van der Waals surface area contributed by atoms with E-state index in [4.69, 9.17) is 4.74 Å². The molecule has 0 amide bonds. The van der Waals surface area contributed by atoms with Gasteiger partial charge in [0.1, 0.15) is 11.4 Å². The monoisotopic (exact) mass is 208 g/mol. The molecule has 1 aliphatic heterocycles. The van der Waals surface area contributed by atoms with Crippen LogP contribution in [0.15, 0.2) is 24.0 Å². The van der Waals surface area contributed by atoms with Crippen molar-refractivity contribution >= 4 is 0 Å². The SMILES string of the molecule is CCCC1C=CC(O)(C2=CCCO2)CC1. The summed E-state index contributed by atoms with van der Waals surface area (Å²) in [4.78, 5) is 0. The zero-order chi connectivity index (χ0) is 10.7. The molecule has 0 radical (unpaired) electrons. The van der Waals surface area contributed by atoms with Crippen molar-refractivity contribution in [3.63, 3.8) is 0 Å². The van der Waals surface area contributed by atoms with Gasteiger partial charge in [-0.1, -0.05) is 19.4 Å². The Morgan fingerprint density at radius 3 is 3.00 bits per heavy atom. The van der Waals surface area contributed by atoms with E-state index in [0.29, 0.717) is 5.92 Å². The zero-order valence-corrected chi connectivity index (χ0v) is 9.41. The van der Waals surface area contributed by atoms with Crippen LogP contribution in [0.4, 0.5) is 0 Å². The Kier molecular flexibility index (Phi) is 3.15. The Morgan fingerprint density at radius 1 is 1.60 bits per heavy atom. The Morgan fingerprint density at radius 2 is 2.47 bits per heavy atom. The predicted octanol–water partition coefficient (Wildman–Crippen LogP) is 2.79. The van der Waals surface area contributed by atoms with Gasteiger partial charge in [0.25, 0.3) is 0 Å². The minimum absolute atomic E-state index is 0.650. The van der Waals surface area contributed by atoms with E-state index in [9.17, 15) is 5.11 Å². The third-order valence-corrected chi connectivity index (χ3v) is 3.33. The highest BCUT2D eigenvalue weighted by Gasteiger charge is 2.34. The van der Waals surface area contributed by atoms with Gasteiger partial charge in [0.2, 0.25) is 0 Å². The summed E-state index contributed by atoms with van der Waals surface area (Å²) in [6.45, 7) is 2.93. The Balaban J connectivity index is 2.03. The third kappa shape index (κ3) is 2.25. The fourth-order valence-corrected chi connectivity index (χ4v) is 2.42. The molecule has 0 aromatic carbocycles. The van der Waals surface area contributed by atoms with Crippen LogP contribution >= 0.6 is 0 Å². The highest BCUT2D eigenvalue weighted by atomic mass is 16.5. The van der Waals surface area contributed by atoms with Crippen LogP contribution in [0.1, 0.15) is 39.0 Å². The van der Waals surface area contributed by atoms with E-state index in [-0.39, 0.29) is 0 Å². The van der Waals surface area contributed by atoms with Crippen LogP contribution in [0.5, 0.6) is 0 Å². The minimum Gasteiger partial charge on any atom is -0.495 e. The van der Waals surface area contributed by atoms with E-state index in [1.165, 1.54) is 12.8 Å². The van der Waals surface area contributed by atoms with Crippen LogP contribution in [0.25, 0.3) is 0 Å². The van der Waals surface area contributed by atoms with E-state index in [1.54, 1.807) is 0 Å². The van der Waals surface area contributed by atoms with Crippen molar-refractivity contribution in [3.8, 4) is 0 Å². The molecule has 2 heteroatoms.